The van der Waals surface area contributed by atoms with Crippen molar-refractivity contribution in [3.8, 4) is 5.75 Å². The van der Waals surface area contributed by atoms with Gasteiger partial charge in [0.25, 0.3) is 11.8 Å². The lowest BCUT2D eigenvalue weighted by molar-refractivity contribution is -0.123. The van der Waals surface area contributed by atoms with Crippen molar-refractivity contribution in [3.05, 3.63) is 53.0 Å². The van der Waals surface area contributed by atoms with Crippen LogP contribution in [0.4, 0.5) is 0 Å². The van der Waals surface area contributed by atoms with Crippen LogP contribution >= 0.6 is 0 Å². The highest BCUT2D eigenvalue weighted by Gasteiger charge is 2.18. The maximum Gasteiger partial charge on any atom is 0.342 e. The number of methoxy groups -OCH3 is 1. The van der Waals surface area contributed by atoms with Crippen LogP contribution in [0.3, 0.4) is 0 Å². The van der Waals surface area contributed by atoms with Gasteiger partial charge in [-0.2, -0.15) is 0 Å². The fourth-order valence-corrected chi connectivity index (χ4v) is 2.10. The van der Waals surface area contributed by atoms with E-state index in [1.54, 1.807) is 32.0 Å². The molecule has 7 nitrogen and oxygen atoms in total. The van der Waals surface area contributed by atoms with Gasteiger partial charge in [-0.1, -0.05) is 12.1 Å². The molecule has 1 heterocycles. The Bertz CT molecular complexity index is 777. The predicted molar refractivity (Wildman–Crippen MR) is 83.9 cm³/mol. The lowest BCUT2D eigenvalue weighted by atomic mass is 10.2. The van der Waals surface area contributed by atoms with Crippen LogP contribution in [-0.2, 0) is 9.53 Å². The molecule has 0 fully saturated rings. The van der Waals surface area contributed by atoms with Crippen molar-refractivity contribution in [2.75, 3.05) is 13.7 Å². The van der Waals surface area contributed by atoms with E-state index >= 15 is 0 Å². The molecule has 2 rings (SSSR count). The second-order valence-corrected chi connectivity index (χ2v) is 4.98. The normalized spacial score (nSPS) is 10.1. The van der Waals surface area contributed by atoms with Crippen LogP contribution in [0.15, 0.2) is 34.7 Å². The van der Waals surface area contributed by atoms with Gasteiger partial charge in [0.1, 0.15) is 22.8 Å². The van der Waals surface area contributed by atoms with E-state index in [1.807, 2.05) is 0 Å². The summed E-state index contributed by atoms with van der Waals surface area (Å²) in [6.45, 7) is 2.74. The minimum Gasteiger partial charge on any atom is -0.496 e. The van der Waals surface area contributed by atoms with Gasteiger partial charge in [-0.25, -0.2) is 4.79 Å². The first-order valence-electron chi connectivity index (χ1n) is 7.13. The van der Waals surface area contributed by atoms with E-state index in [4.69, 9.17) is 13.9 Å². The number of rotatable bonds is 5. The van der Waals surface area contributed by atoms with Crippen LogP contribution in [0.1, 0.15) is 32.2 Å². The molecule has 24 heavy (non-hydrogen) atoms. The van der Waals surface area contributed by atoms with Crippen molar-refractivity contribution in [2.24, 2.45) is 0 Å². The highest BCUT2D eigenvalue weighted by Crippen LogP contribution is 2.17. The number of amides is 2. The number of para-hydroxylation sites is 1. The average molecular weight is 331 g/mol. The summed E-state index contributed by atoms with van der Waals surface area (Å²) in [4.78, 5) is 35.7. The van der Waals surface area contributed by atoms with E-state index in [2.05, 4.69) is 5.32 Å². The van der Waals surface area contributed by atoms with Crippen molar-refractivity contribution in [1.82, 2.24) is 5.32 Å². The van der Waals surface area contributed by atoms with Crippen LogP contribution < -0.4 is 10.1 Å². The summed E-state index contributed by atoms with van der Waals surface area (Å²) >= 11 is 0. The third kappa shape index (κ3) is 4.01. The number of imide groups is 1. The molecule has 1 aromatic carbocycles. The van der Waals surface area contributed by atoms with Gasteiger partial charge in [0.15, 0.2) is 6.61 Å². The molecule has 0 aliphatic carbocycles. The number of hydrogen-bond donors (Lipinski definition) is 1. The third-order valence-corrected chi connectivity index (χ3v) is 3.20. The number of furan rings is 1. The van der Waals surface area contributed by atoms with Crippen LogP contribution in [0, 0.1) is 13.8 Å². The van der Waals surface area contributed by atoms with Crippen LogP contribution in [0.2, 0.25) is 0 Å². The maximum absolute atomic E-state index is 12.0. The molecule has 1 aromatic heterocycles. The molecule has 0 aliphatic heterocycles. The van der Waals surface area contributed by atoms with Crippen molar-refractivity contribution in [3.63, 3.8) is 0 Å². The Morgan fingerprint density at radius 1 is 1.12 bits per heavy atom. The van der Waals surface area contributed by atoms with Gasteiger partial charge in [0.2, 0.25) is 0 Å². The first-order valence-corrected chi connectivity index (χ1v) is 7.13. The van der Waals surface area contributed by atoms with E-state index in [1.165, 1.54) is 19.2 Å². The number of benzene rings is 1. The standard InChI is InChI=1S/C17H17NO6/c1-10-8-13(11(2)24-10)17(21)23-9-15(19)18-16(20)12-6-4-5-7-14(12)22-3/h4-8H,9H2,1-3H3,(H,18,19,20). The van der Waals surface area contributed by atoms with Crippen molar-refractivity contribution in [2.45, 2.75) is 13.8 Å². The van der Waals surface area contributed by atoms with Crippen LogP contribution in [0.25, 0.3) is 0 Å². The number of nitrogens with one attached hydrogen (secondary N) is 1. The fraction of sp³-hybridized carbons (Fsp3) is 0.235. The molecule has 2 amide bonds. The summed E-state index contributed by atoms with van der Waals surface area (Å²) < 4.78 is 15.2. The molecule has 0 saturated carbocycles. The molecular formula is C17H17NO6. The molecule has 7 heteroatoms. The van der Waals surface area contributed by atoms with Crippen LogP contribution in [-0.4, -0.2) is 31.5 Å². The van der Waals surface area contributed by atoms with Crippen LogP contribution in [0.5, 0.6) is 5.75 Å². The molecule has 2 aromatic rings. The topological polar surface area (TPSA) is 94.8 Å². The van der Waals surface area contributed by atoms with Gasteiger partial charge in [-0.15, -0.1) is 0 Å². The van der Waals surface area contributed by atoms with Gasteiger partial charge in [0, 0.05) is 0 Å². The van der Waals surface area contributed by atoms with Gasteiger partial charge in [-0.05, 0) is 32.0 Å². The number of ether oxygens (including phenoxy) is 2. The summed E-state index contributed by atoms with van der Waals surface area (Å²) in [6, 6.07) is 7.99. The minimum atomic E-state index is -0.739. The van der Waals surface area contributed by atoms with Gasteiger partial charge >= 0.3 is 5.97 Å². The lowest BCUT2D eigenvalue weighted by Gasteiger charge is -2.08. The average Bonchev–Trinajstić information content (AvgIpc) is 2.91. The van der Waals surface area contributed by atoms with Crippen molar-refractivity contribution < 1.29 is 28.3 Å². The molecule has 0 radical (unpaired) electrons. The monoisotopic (exact) mass is 331 g/mol. The first-order chi connectivity index (χ1) is 11.4. The molecule has 0 bridgehead atoms. The minimum absolute atomic E-state index is 0.209. The second kappa shape index (κ2) is 7.45. The zero-order valence-electron chi connectivity index (χ0n) is 13.5. The second-order valence-electron chi connectivity index (χ2n) is 4.98. The summed E-state index contributed by atoms with van der Waals surface area (Å²) in [6.07, 6.45) is 0. The summed E-state index contributed by atoms with van der Waals surface area (Å²) in [5.74, 6) is -0.757. The van der Waals surface area contributed by atoms with E-state index in [0.717, 1.165) is 0 Å². The Labute approximate surface area is 138 Å². The van der Waals surface area contributed by atoms with Gasteiger partial charge < -0.3 is 13.9 Å². The quantitative estimate of drug-likeness (QED) is 0.842. The van der Waals surface area contributed by atoms with Gasteiger partial charge in [-0.3, -0.25) is 14.9 Å². The number of esters is 1. The zero-order chi connectivity index (χ0) is 17.7. The molecule has 0 atom stereocenters. The Morgan fingerprint density at radius 2 is 1.83 bits per heavy atom. The highest BCUT2D eigenvalue weighted by molar-refractivity contribution is 6.07. The zero-order valence-corrected chi connectivity index (χ0v) is 13.5. The Kier molecular flexibility index (Phi) is 5.36. The Hall–Kier alpha value is -3.09. The van der Waals surface area contributed by atoms with Gasteiger partial charge in [0.05, 0.1) is 12.7 Å². The smallest absolute Gasteiger partial charge is 0.342 e. The third-order valence-electron chi connectivity index (χ3n) is 3.20. The summed E-state index contributed by atoms with van der Waals surface area (Å²) in [5, 5.41) is 2.14. The van der Waals surface area contributed by atoms with Crippen molar-refractivity contribution >= 4 is 17.8 Å². The fourth-order valence-electron chi connectivity index (χ4n) is 2.10. The number of aryl methyl sites for hydroxylation is 2. The molecule has 0 unspecified atom stereocenters. The van der Waals surface area contributed by atoms with Crippen molar-refractivity contribution in [1.29, 1.82) is 0 Å². The summed E-state index contributed by atoms with van der Waals surface area (Å²) in [7, 11) is 1.42. The number of carbonyl (C=O) groups is 3. The summed E-state index contributed by atoms with van der Waals surface area (Å²) in [5.41, 5.74) is 0.456. The Morgan fingerprint density at radius 3 is 2.46 bits per heavy atom. The number of carbonyl (C=O) groups excluding carboxylic acids is 3. The first kappa shape index (κ1) is 17.3. The Balaban J connectivity index is 1.92. The van der Waals surface area contributed by atoms with E-state index in [9.17, 15) is 14.4 Å². The maximum atomic E-state index is 12.0. The largest absolute Gasteiger partial charge is 0.496 e. The lowest BCUT2D eigenvalue weighted by Crippen LogP contribution is -2.34. The molecular weight excluding hydrogens is 314 g/mol. The number of hydrogen-bond acceptors (Lipinski definition) is 6. The molecule has 0 aliphatic rings. The molecule has 1 N–H and O–H groups in total. The van der Waals surface area contributed by atoms with E-state index in [-0.39, 0.29) is 11.1 Å². The molecule has 126 valence electrons. The van der Waals surface area contributed by atoms with E-state index < -0.39 is 24.4 Å². The molecule has 0 saturated heterocycles. The molecule has 0 spiro atoms. The SMILES string of the molecule is COc1ccccc1C(=O)NC(=O)COC(=O)c1cc(C)oc1C. The highest BCUT2D eigenvalue weighted by atomic mass is 16.5. The van der Waals surface area contributed by atoms with E-state index in [0.29, 0.717) is 17.3 Å². The predicted octanol–water partition coefficient (Wildman–Crippen LogP) is 2.02.